The van der Waals surface area contributed by atoms with E-state index in [2.05, 4.69) is 18.9 Å². The average Bonchev–Trinajstić information content (AvgIpc) is 1.88. The van der Waals surface area contributed by atoms with Crippen LogP contribution in [0.2, 0.25) is 0 Å². The van der Waals surface area contributed by atoms with Crippen LogP contribution in [0.1, 0.15) is 5.56 Å². The van der Waals surface area contributed by atoms with Crippen LogP contribution in [-0.2, 0) is 6.54 Å². The van der Waals surface area contributed by atoms with Gasteiger partial charge in [0, 0.05) is 5.56 Å². The van der Waals surface area contributed by atoms with Crippen molar-refractivity contribution in [1.29, 1.82) is 0 Å². The van der Waals surface area contributed by atoms with Gasteiger partial charge < -0.3 is 24.0 Å². The van der Waals surface area contributed by atoms with Gasteiger partial charge in [-0.05, 0) is 0 Å². The Hall–Kier alpha value is -0.380. The normalized spacial score (nSPS) is 8.45. The fourth-order valence-electron chi connectivity index (χ4n) is 0.895. The molecule has 0 atom stereocenters. The molecule has 1 rings (SSSR count). The van der Waals surface area contributed by atoms with Gasteiger partial charge in [-0.3, -0.25) is 0 Å². The molecule has 60 valence electrons. The Morgan fingerprint density at radius 1 is 1.27 bits per heavy atom. The lowest BCUT2D eigenvalue weighted by atomic mass is 10.2. The Morgan fingerprint density at radius 3 is 2.27 bits per heavy atom. The number of hydrogen-bond acceptors (Lipinski definition) is 0. The molecule has 11 heavy (non-hydrogen) atoms. The van der Waals surface area contributed by atoms with E-state index in [9.17, 15) is 0 Å². The SMILES string of the molecule is C=[N+](C)Cc1ccccc1.[I-]. The van der Waals surface area contributed by atoms with Crippen LogP contribution in [-0.4, -0.2) is 18.3 Å². The predicted octanol–water partition coefficient (Wildman–Crippen LogP) is -1.47. The van der Waals surface area contributed by atoms with Gasteiger partial charge in [-0.15, -0.1) is 0 Å². The first kappa shape index (κ1) is 10.6. The van der Waals surface area contributed by atoms with Crippen LogP contribution < -0.4 is 24.0 Å². The summed E-state index contributed by atoms with van der Waals surface area (Å²) in [6, 6.07) is 10.3. The van der Waals surface area contributed by atoms with Gasteiger partial charge in [-0.25, -0.2) is 4.58 Å². The van der Waals surface area contributed by atoms with Crippen LogP contribution in [0.25, 0.3) is 0 Å². The quantitative estimate of drug-likeness (QED) is 0.347. The summed E-state index contributed by atoms with van der Waals surface area (Å²) in [5.74, 6) is 0. The minimum atomic E-state index is 0. The van der Waals surface area contributed by atoms with Crippen molar-refractivity contribution in [2.75, 3.05) is 7.05 Å². The van der Waals surface area contributed by atoms with Gasteiger partial charge in [0.1, 0.15) is 13.8 Å². The third kappa shape index (κ3) is 4.14. The number of nitrogens with zero attached hydrogens (tertiary/aromatic N) is 1. The van der Waals surface area contributed by atoms with Crippen molar-refractivity contribution in [2.24, 2.45) is 0 Å². The third-order valence-electron chi connectivity index (χ3n) is 1.30. The van der Waals surface area contributed by atoms with E-state index in [1.807, 2.05) is 29.8 Å². The molecule has 0 spiro atoms. The highest BCUT2D eigenvalue weighted by Crippen LogP contribution is 1.97. The molecule has 0 bridgehead atoms. The van der Waals surface area contributed by atoms with E-state index in [-0.39, 0.29) is 24.0 Å². The van der Waals surface area contributed by atoms with Crippen molar-refractivity contribution in [2.45, 2.75) is 6.54 Å². The number of rotatable bonds is 2. The summed E-state index contributed by atoms with van der Waals surface area (Å²) in [6.07, 6.45) is 0. The lowest BCUT2D eigenvalue weighted by Crippen LogP contribution is -3.00. The molecular weight excluding hydrogens is 249 g/mol. The van der Waals surface area contributed by atoms with Gasteiger partial charge in [0.2, 0.25) is 0 Å². The molecular formula is C9H12IN. The Kier molecular flexibility index (Phi) is 5.11. The van der Waals surface area contributed by atoms with Crippen LogP contribution in [0.5, 0.6) is 0 Å². The molecule has 2 heteroatoms. The van der Waals surface area contributed by atoms with Crippen LogP contribution in [0.4, 0.5) is 0 Å². The second kappa shape index (κ2) is 5.29. The monoisotopic (exact) mass is 261 g/mol. The lowest BCUT2D eigenvalue weighted by Gasteiger charge is -1.93. The molecule has 0 aliphatic heterocycles. The van der Waals surface area contributed by atoms with Crippen LogP contribution in [0.3, 0.4) is 0 Å². The minimum Gasteiger partial charge on any atom is -1.00 e. The maximum absolute atomic E-state index is 3.77. The van der Waals surface area contributed by atoms with Gasteiger partial charge in [0.15, 0.2) is 6.54 Å². The molecule has 0 aliphatic carbocycles. The fourth-order valence-corrected chi connectivity index (χ4v) is 0.895. The standard InChI is InChI=1S/C9H12N.HI/c1-10(2)8-9-6-4-3-5-7-9;/h3-7H,1,8H2,2H3;1H/q+1;/p-1. The fraction of sp³-hybridized carbons (Fsp3) is 0.222. The molecule has 0 saturated heterocycles. The Labute approximate surface area is 84.8 Å². The zero-order valence-corrected chi connectivity index (χ0v) is 8.78. The van der Waals surface area contributed by atoms with E-state index in [1.54, 1.807) is 0 Å². The molecule has 0 aromatic heterocycles. The molecule has 0 amide bonds. The maximum Gasteiger partial charge on any atom is 0.167 e. The molecule has 0 N–H and O–H groups in total. The van der Waals surface area contributed by atoms with Gasteiger partial charge >= 0.3 is 0 Å². The van der Waals surface area contributed by atoms with E-state index in [0.29, 0.717) is 0 Å². The number of halogens is 1. The molecule has 1 aromatic carbocycles. The highest BCUT2D eigenvalue weighted by molar-refractivity contribution is 5.17. The summed E-state index contributed by atoms with van der Waals surface area (Å²) in [6.45, 7) is 4.68. The molecule has 1 aromatic rings. The molecule has 0 unspecified atom stereocenters. The van der Waals surface area contributed by atoms with Crippen molar-refractivity contribution in [3.63, 3.8) is 0 Å². The van der Waals surface area contributed by atoms with Gasteiger partial charge in [0.05, 0.1) is 0 Å². The highest BCUT2D eigenvalue weighted by Gasteiger charge is 1.93. The molecule has 0 aliphatic rings. The summed E-state index contributed by atoms with van der Waals surface area (Å²) in [5.41, 5.74) is 1.31. The van der Waals surface area contributed by atoms with E-state index in [4.69, 9.17) is 0 Å². The second-order valence-corrected chi connectivity index (χ2v) is 2.50. The van der Waals surface area contributed by atoms with Crippen molar-refractivity contribution >= 4 is 6.72 Å². The average molecular weight is 261 g/mol. The van der Waals surface area contributed by atoms with Crippen molar-refractivity contribution in [3.05, 3.63) is 35.9 Å². The molecule has 1 nitrogen and oxygen atoms in total. The predicted molar refractivity (Wildman–Crippen MR) is 43.5 cm³/mol. The third-order valence-corrected chi connectivity index (χ3v) is 1.30. The topological polar surface area (TPSA) is 3.01 Å². The van der Waals surface area contributed by atoms with Gasteiger partial charge in [0.25, 0.3) is 0 Å². The van der Waals surface area contributed by atoms with E-state index in [1.165, 1.54) is 5.56 Å². The van der Waals surface area contributed by atoms with E-state index >= 15 is 0 Å². The zero-order valence-electron chi connectivity index (χ0n) is 6.63. The lowest BCUT2D eigenvalue weighted by molar-refractivity contribution is -0.505. The van der Waals surface area contributed by atoms with Crippen molar-refractivity contribution in [1.82, 2.24) is 0 Å². The number of hydrogen-bond donors (Lipinski definition) is 0. The number of benzene rings is 1. The summed E-state index contributed by atoms with van der Waals surface area (Å²) in [4.78, 5) is 0. The van der Waals surface area contributed by atoms with Gasteiger partial charge in [-0.2, -0.15) is 0 Å². The summed E-state index contributed by atoms with van der Waals surface area (Å²) < 4.78 is 1.91. The van der Waals surface area contributed by atoms with E-state index in [0.717, 1.165) is 6.54 Å². The van der Waals surface area contributed by atoms with Crippen LogP contribution in [0, 0.1) is 0 Å². The second-order valence-electron chi connectivity index (χ2n) is 2.50. The first-order valence-corrected chi connectivity index (χ1v) is 3.34. The Bertz CT molecular complexity index is 218. The highest BCUT2D eigenvalue weighted by atomic mass is 127. The minimum absolute atomic E-state index is 0. The Morgan fingerprint density at radius 2 is 1.82 bits per heavy atom. The molecule has 0 heterocycles. The summed E-state index contributed by atoms with van der Waals surface area (Å²) in [7, 11) is 1.97. The van der Waals surface area contributed by atoms with E-state index < -0.39 is 0 Å². The maximum atomic E-state index is 3.77. The van der Waals surface area contributed by atoms with Crippen LogP contribution in [0.15, 0.2) is 30.3 Å². The Balaban J connectivity index is 0.000001000. The largest absolute Gasteiger partial charge is 1.00 e. The van der Waals surface area contributed by atoms with Crippen molar-refractivity contribution in [3.8, 4) is 0 Å². The van der Waals surface area contributed by atoms with Crippen LogP contribution >= 0.6 is 0 Å². The molecule has 0 saturated carbocycles. The first-order valence-electron chi connectivity index (χ1n) is 3.34. The molecule has 0 fully saturated rings. The molecule has 0 radical (unpaired) electrons. The summed E-state index contributed by atoms with van der Waals surface area (Å²) in [5, 5.41) is 0. The van der Waals surface area contributed by atoms with Crippen molar-refractivity contribution < 1.29 is 28.6 Å². The first-order chi connectivity index (χ1) is 4.79. The smallest absolute Gasteiger partial charge is 0.167 e. The van der Waals surface area contributed by atoms with Gasteiger partial charge in [-0.1, -0.05) is 30.3 Å². The zero-order chi connectivity index (χ0) is 7.40. The summed E-state index contributed by atoms with van der Waals surface area (Å²) >= 11 is 0.